The molecule has 0 aliphatic rings. The van der Waals surface area contributed by atoms with E-state index >= 15 is 0 Å². The van der Waals surface area contributed by atoms with Crippen LogP contribution in [0.5, 0.6) is 0 Å². The van der Waals surface area contributed by atoms with Crippen LogP contribution in [-0.4, -0.2) is 42.1 Å². The maximum atomic E-state index is 12.3. The molecule has 48 heavy (non-hydrogen) atoms. The van der Waals surface area contributed by atoms with Gasteiger partial charge in [0.2, 0.25) is 0 Å². The molecule has 0 heterocycles. The summed E-state index contributed by atoms with van der Waals surface area (Å²) in [6, 6.07) is 0. The van der Waals surface area contributed by atoms with Gasteiger partial charge in [0, 0.05) is 25.5 Å². The molecule has 272 valence electrons. The number of unbranched alkanes of at least 4 members (excludes halogenated alkanes) is 22. The second-order valence-corrected chi connectivity index (χ2v) is 14.9. The number of ether oxygens (including phenoxy) is 2. The first kappa shape index (κ1) is 53.4. The number of hydrogen-bond donors (Lipinski definition) is 0. The second kappa shape index (κ2) is 39.3. The Morgan fingerprint density at radius 2 is 0.958 bits per heavy atom. The maximum Gasteiger partial charge on any atom is 1.00 e. The van der Waals surface area contributed by atoms with Crippen LogP contribution in [0.3, 0.4) is 0 Å². The molecule has 9 nitrogen and oxygen atoms in total. The summed E-state index contributed by atoms with van der Waals surface area (Å²) in [6.45, 7) is 2.83. The summed E-state index contributed by atoms with van der Waals surface area (Å²) in [5.74, 6) is -0.0495. The summed E-state index contributed by atoms with van der Waals surface area (Å²) in [5, 5.41) is 0.195. The third-order valence-corrected chi connectivity index (χ3v) is 9.33. The second-order valence-electron chi connectivity index (χ2n) is 12.5. The third kappa shape index (κ3) is 43.2. The van der Waals surface area contributed by atoms with Gasteiger partial charge in [-0.05, 0) is 19.3 Å². The van der Waals surface area contributed by atoms with Gasteiger partial charge in [0.25, 0.3) is 0 Å². The van der Waals surface area contributed by atoms with Crippen LogP contribution in [0.2, 0.25) is 0 Å². The number of esters is 2. The van der Waals surface area contributed by atoms with E-state index in [1.165, 1.54) is 108 Å². The quantitative estimate of drug-likeness (QED) is 0.0419. The van der Waals surface area contributed by atoms with E-state index in [-0.39, 0.29) is 83.7 Å². The number of carbonyl (C=O) groups is 3. The average Bonchev–Trinajstić information content (AvgIpc) is 3.00. The normalized spacial score (nSPS) is 11.8. The Morgan fingerprint density at radius 1 is 0.583 bits per heavy atom. The zero-order valence-electron chi connectivity index (χ0n) is 31.1. The first-order valence-electron chi connectivity index (χ1n) is 18.3. The van der Waals surface area contributed by atoms with Crippen molar-refractivity contribution in [2.24, 2.45) is 0 Å². The summed E-state index contributed by atoms with van der Waals surface area (Å²) in [6.07, 6.45) is 26.9. The molecular weight excluding hydrogens is 673 g/mol. The van der Waals surface area contributed by atoms with Gasteiger partial charge in [-0.15, -0.1) is 0 Å². The van der Waals surface area contributed by atoms with Crippen molar-refractivity contribution in [2.75, 3.05) is 19.0 Å². The van der Waals surface area contributed by atoms with Crippen molar-refractivity contribution >= 4 is 36.6 Å². The first-order chi connectivity index (χ1) is 22.1. The largest absolute Gasteiger partial charge is 1.00 e. The molecule has 0 aromatic rings. The van der Waals surface area contributed by atoms with Gasteiger partial charge in [-0.1, -0.05) is 154 Å². The molecular formula is C35H65Na2O9PS. The molecule has 0 N–H and O–H groups in total. The molecule has 0 saturated carbocycles. The van der Waals surface area contributed by atoms with E-state index in [4.69, 9.17) is 9.47 Å². The predicted octanol–water partition coefficient (Wildman–Crippen LogP) is 2.74. The number of carbonyl (C=O) groups excluding carboxylic acids is 3. The van der Waals surface area contributed by atoms with Gasteiger partial charge in [-0.3, -0.25) is 14.4 Å². The number of thioether (sulfide) groups is 1. The van der Waals surface area contributed by atoms with Gasteiger partial charge < -0.3 is 28.3 Å². The summed E-state index contributed by atoms with van der Waals surface area (Å²) < 4.78 is 25.7. The van der Waals surface area contributed by atoms with Crippen molar-refractivity contribution in [1.29, 1.82) is 0 Å². The van der Waals surface area contributed by atoms with Crippen LogP contribution >= 0.6 is 19.6 Å². The van der Waals surface area contributed by atoms with Crippen LogP contribution in [-0.2, 0) is 32.9 Å². The van der Waals surface area contributed by atoms with E-state index in [9.17, 15) is 28.7 Å². The van der Waals surface area contributed by atoms with Gasteiger partial charge in [0.05, 0.1) is 14.4 Å². The van der Waals surface area contributed by atoms with E-state index < -0.39 is 32.5 Å². The summed E-state index contributed by atoms with van der Waals surface area (Å²) in [5.41, 5.74) is 0. The molecule has 0 amide bonds. The van der Waals surface area contributed by atoms with Crippen molar-refractivity contribution in [3.63, 3.8) is 0 Å². The average molecular weight is 739 g/mol. The molecule has 0 radical (unpaired) electrons. The van der Waals surface area contributed by atoms with Gasteiger partial charge in [0.1, 0.15) is 6.61 Å². The monoisotopic (exact) mass is 738 g/mol. The molecule has 0 aromatic heterocycles. The minimum atomic E-state index is -5.25. The Labute approximate surface area is 341 Å². The third-order valence-electron chi connectivity index (χ3n) is 7.96. The Morgan fingerprint density at radius 3 is 1.35 bits per heavy atom. The minimum absolute atomic E-state index is 0. The zero-order chi connectivity index (χ0) is 34.1. The Balaban J connectivity index is -0.0000101. The van der Waals surface area contributed by atoms with Crippen molar-refractivity contribution in [2.45, 2.75) is 187 Å². The van der Waals surface area contributed by atoms with Gasteiger partial charge in [0.15, 0.2) is 11.2 Å². The zero-order valence-corrected chi connectivity index (χ0v) is 36.8. The van der Waals surface area contributed by atoms with Crippen LogP contribution in [0.4, 0.5) is 0 Å². The van der Waals surface area contributed by atoms with Crippen molar-refractivity contribution in [3.8, 4) is 0 Å². The standard InChI is InChI=1S/C35H67O9PS.2Na/c1-3-4-5-6-7-8-9-10-12-16-19-22-25-28-35(38)44-33(31-43-45(39,40)41)30-42-34(37)27-24-21-18-15-13-11-14-17-20-23-26-29-46-32(2)36;;/h33H,3-31H2,1-2H3,(H2,39,40,41);;/q;2*+1/p-2/t33-;;/m1../s1. The number of phosphoric acid groups is 1. The number of hydrogen-bond acceptors (Lipinski definition) is 10. The maximum absolute atomic E-state index is 12.3. The fraction of sp³-hybridized carbons (Fsp3) is 0.914. The van der Waals surface area contributed by atoms with Crippen LogP contribution in [0, 0.1) is 0 Å². The molecule has 0 bridgehead atoms. The van der Waals surface area contributed by atoms with E-state index in [1.807, 2.05) is 0 Å². The molecule has 0 fully saturated rings. The smallest absolute Gasteiger partial charge is 0.790 e. The van der Waals surface area contributed by atoms with E-state index in [1.54, 1.807) is 6.92 Å². The van der Waals surface area contributed by atoms with Crippen LogP contribution in [0.25, 0.3) is 0 Å². The Kier molecular flexibility index (Phi) is 43.7. The van der Waals surface area contributed by atoms with Crippen molar-refractivity contribution < 1.29 is 102 Å². The number of rotatable bonds is 34. The molecule has 0 aromatic carbocycles. The molecule has 0 spiro atoms. The van der Waals surface area contributed by atoms with E-state index in [2.05, 4.69) is 11.4 Å². The number of phosphoric ester groups is 1. The van der Waals surface area contributed by atoms with Gasteiger partial charge in [-0.25, -0.2) is 0 Å². The molecule has 0 rings (SSSR count). The van der Waals surface area contributed by atoms with Crippen LogP contribution < -0.4 is 68.9 Å². The van der Waals surface area contributed by atoms with E-state index in [0.29, 0.717) is 12.8 Å². The van der Waals surface area contributed by atoms with E-state index in [0.717, 1.165) is 50.7 Å². The molecule has 0 aliphatic heterocycles. The van der Waals surface area contributed by atoms with Crippen LogP contribution in [0.1, 0.15) is 181 Å². The Hall–Kier alpha value is 1.07. The van der Waals surface area contributed by atoms with Gasteiger partial charge >= 0.3 is 71.1 Å². The van der Waals surface area contributed by atoms with Crippen molar-refractivity contribution in [3.05, 3.63) is 0 Å². The summed E-state index contributed by atoms with van der Waals surface area (Å²) in [4.78, 5) is 57.2. The fourth-order valence-corrected chi connectivity index (χ4v) is 6.24. The SMILES string of the molecule is CCCCCCCCCCCCCCCC(=O)O[C@H](COC(=O)CCCCCCCCCCCCCSC(C)=O)COP(=O)([O-])[O-].[Na+].[Na+]. The predicted molar refractivity (Wildman–Crippen MR) is 183 cm³/mol. The molecule has 13 heteroatoms. The topological polar surface area (TPSA) is 142 Å². The first-order valence-corrected chi connectivity index (χ1v) is 20.7. The summed E-state index contributed by atoms with van der Waals surface area (Å²) >= 11 is 1.41. The molecule has 0 saturated heterocycles. The molecule has 1 atom stereocenters. The minimum Gasteiger partial charge on any atom is -0.790 e. The molecule has 0 aliphatic carbocycles. The van der Waals surface area contributed by atoms with Gasteiger partial charge in [-0.2, -0.15) is 0 Å². The fourth-order valence-electron chi connectivity index (χ4n) is 5.26. The Bertz CT molecular complexity index is 802. The van der Waals surface area contributed by atoms with Crippen LogP contribution in [0.15, 0.2) is 0 Å². The molecule has 0 unspecified atom stereocenters. The summed E-state index contributed by atoms with van der Waals surface area (Å²) in [7, 11) is -5.25. The van der Waals surface area contributed by atoms with Crippen molar-refractivity contribution in [1.82, 2.24) is 0 Å².